The number of nitrogens with one attached hydrogen (secondary N) is 1. The third-order valence-electron chi connectivity index (χ3n) is 5.20. The van der Waals surface area contributed by atoms with Crippen molar-refractivity contribution in [1.82, 2.24) is 4.90 Å². The van der Waals surface area contributed by atoms with Crippen molar-refractivity contribution in [1.29, 1.82) is 0 Å². The second-order valence-corrected chi connectivity index (χ2v) is 9.69. The minimum absolute atomic E-state index is 0.202. The van der Waals surface area contributed by atoms with Crippen LogP contribution in [-0.4, -0.2) is 35.1 Å². The van der Waals surface area contributed by atoms with E-state index in [1.165, 1.54) is 0 Å². The molecule has 37 heavy (non-hydrogen) atoms. The number of hydrogen-bond acceptors (Lipinski definition) is 6. The Labute approximate surface area is 228 Å². The highest BCUT2D eigenvalue weighted by Gasteiger charge is 2.36. The summed E-state index contributed by atoms with van der Waals surface area (Å²) in [5.74, 6) is -0.0373. The van der Waals surface area contributed by atoms with Crippen molar-refractivity contribution in [2.24, 2.45) is 0 Å². The first-order valence-corrected chi connectivity index (χ1v) is 12.8. The molecule has 1 aliphatic rings. The molecule has 1 fully saturated rings. The molecule has 3 aromatic rings. The number of hydrogen-bond donors (Lipinski definition) is 1. The molecule has 1 heterocycles. The van der Waals surface area contributed by atoms with E-state index in [9.17, 15) is 14.4 Å². The number of carbonyl (C=O) groups excluding carboxylic acids is 3. The van der Waals surface area contributed by atoms with Crippen molar-refractivity contribution in [2.75, 3.05) is 18.5 Å². The number of thioether (sulfide) groups is 1. The third kappa shape index (κ3) is 6.85. The van der Waals surface area contributed by atoms with Crippen LogP contribution in [0.4, 0.5) is 10.5 Å². The second-order valence-electron chi connectivity index (χ2n) is 7.85. The number of amides is 3. The Morgan fingerprint density at radius 3 is 2.49 bits per heavy atom. The van der Waals surface area contributed by atoms with Gasteiger partial charge in [0, 0.05) is 5.02 Å². The minimum Gasteiger partial charge on any atom is -0.490 e. The van der Waals surface area contributed by atoms with Crippen molar-refractivity contribution in [3.8, 4) is 11.5 Å². The molecule has 0 radical (unpaired) electrons. The molecule has 7 nitrogen and oxygen atoms in total. The quantitative estimate of drug-likeness (QED) is 0.297. The fraction of sp³-hybridized carbons (Fsp3) is 0.148. The van der Waals surface area contributed by atoms with Gasteiger partial charge < -0.3 is 14.8 Å². The van der Waals surface area contributed by atoms with Crippen molar-refractivity contribution >= 4 is 63.8 Å². The van der Waals surface area contributed by atoms with Gasteiger partial charge in [0.05, 0.1) is 22.2 Å². The molecule has 0 bridgehead atoms. The van der Waals surface area contributed by atoms with E-state index in [1.807, 2.05) is 19.1 Å². The van der Waals surface area contributed by atoms with Gasteiger partial charge in [0.1, 0.15) is 13.2 Å². The minimum atomic E-state index is -0.551. The van der Waals surface area contributed by atoms with Crippen LogP contribution in [-0.2, 0) is 16.2 Å². The molecule has 3 amide bonds. The molecule has 0 atom stereocenters. The van der Waals surface area contributed by atoms with Gasteiger partial charge in [-0.3, -0.25) is 19.3 Å². The Hall–Kier alpha value is -3.46. The molecule has 10 heteroatoms. The summed E-state index contributed by atoms with van der Waals surface area (Å²) >= 11 is 12.8. The normalized spacial score (nSPS) is 14.2. The highest BCUT2D eigenvalue weighted by molar-refractivity contribution is 8.18. The van der Waals surface area contributed by atoms with Gasteiger partial charge in [-0.25, -0.2) is 0 Å². The lowest BCUT2D eigenvalue weighted by Gasteiger charge is -2.13. The first-order valence-electron chi connectivity index (χ1n) is 11.3. The summed E-state index contributed by atoms with van der Waals surface area (Å²) in [6.07, 6.45) is 1.59. The number of rotatable bonds is 9. The van der Waals surface area contributed by atoms with Crippen LogP contribution in [0.25, 0.3) is 6.08 Å². The Balaban J connectivity index is 1.45. The van der Waals surface area contributed by atoms with Crippen molar-refractivity contribution in [3.63, 3.8) is 0 Å². The van der Waals surface area contributed by atoms with E-state index in [-0.39, 0.29) is 4.91 Å². The van der Waals surface area contributed by atoms with Gasteiger partial charge in [-0.1, -0.05) is 53.5 Å². The van der Waals surface area contributed by atoms with Crippen molar-refractivity contribution in [3.05, 3.63) is 92.8 Å². The van der Waals surface area contributed by atoms with E-state index in [2.05, 4.69) is 5.32 Å². The van der Waals surface area contributed by atoms with E-state index in [0.29, 0.717) is 46.0 Å². The Kier molecular flexibility index (Phi) is 8.76. The SMILES string of the molecule is CCOc1cc(/C=C2/SC(=O)N(CC(=O)Nc3ccccc3Cl)C2=O)ccc1OCc1ccc(Cl)cc1. The lowest BCUT2D eigenvalue weighted by molar-refractivity contribution is -0.127. The van der Waals surface area contributed by atoms with Crippen LogP contribution >= 0.6 is 35.0 Å². The van der Waals surface area contributed by atoms with Crippen LogP contribution in [0.15, 0.2) is 71.6 Å². The Morgan fingerprint density at radius 1 is 1.00 bits per heavy atom. The first kappa shape index (κ1) is 26.6. The monoisotopic (exact) mass is 556 g/mol. The molecule has 4 rings (SSSR count). The number of ether oxygens (including phenoxy) is 2. The third-order valence-corrected chi connectivity index (χ3v) is 6.69. The molecular weight excluding hydrogens is 535 g/mol. The van der Waals surface area contributed by atoms with Crippen molar-refractivity contribution in [2.45, 2.75) is 13.5 Å². The Morgan fingerprint density at radius 2 is 1.76 bits per heavy atom. The maximum Gasteiger partial charge on any atom is 0.294 e. The number of benzene rings is 3. The summed E-state index contributed by atoms with van der Waals surface area (Å²) in [7, 11) is 0. The zero-order valence-corrected chi connectivity index (χ0v) is 22.0. The van der Waals surface area contributed by atoms with Gasteiger partial charge in [-0.2, -0.15) is 0 Å². The maximum atomic E-state index is 12.9. The predicted octanol–water partition coefficient (Wildman–Crippen LogP) is 6.65. The van der Waals surface area contributed by atoms with Crippen LogP contribution in [0.5, 0.6) is 11.5 Å². The fourth-order valence-corrected chi connectivity index (χ4v) is 4.57. The molecule has 0 spiro atoms. The predicted molar refractivity (Wildman–Crippen MR) is 146 cm³/mol. The number of halogens is 2. The van der Waals surface area contributed by atoms with Crippen LogP contribution in [0.2, 0.25) is 10.0 Å². The second kappa shape index (κ2) is 12.2. The average molecular weight is 557 g/mol. The number of imide groups is 1. The number of nitrogens with zero attached hydrogens (tertiary/aromatic N) is 1. The van der Waals surface area contributed by atoms with Gasteiger partial charge in [0.15, 0.2) is 11.5 Å². The highest BCUT2D eigenvalue weighted by atomic mass is 35.5. The van der Waals surface area contributed by atoms with Crippen LogP contribution < -0.4 is 14.8 Å². The van der Waals surface area contributed by atoms with Crippen molar-refractivity contribution < 1.29 is 23.9 Å². The topological polar surface area (TPSA) is 84.9 Å². The zero-order chi connectivity index (χ0) is 26.4. The van der Waals surface area contributed by atoms with E-state index in [1.54, 1.807) is 60.7 Å². The van der Waals surface area contributed by atoms with Gasteiger partial charge >= 0.3 is 0 Å². The standard InChI is InChI=1S/C27H22Cl2N2O5S/c1-2-35-23-13-18(9-12-22(23)36-16-17-7-10-19(28)11-8-17)14-24-26(33)31(27(34)37-24)15-25(32)30-21-6-4-3-5-20(21)29/h3-14H,2,15-16H2,1H3,(H,30,32)/b24-14+. The van der Waals surface area contributed by atoms with Gasteiger partial charge in [-0.15, -0.1) is 0 Å². The molecule has 190 valence electrons. The lowest BCUT2D eigenvalue weighted by Crippen LogP contribution is -2.36. The molecular formula is C27H22Cl2N2O5S. The molecule has 0 unspecified atom stereocenters. The van der Waals surface area contributed by atoms with E-state index in [0.717, 1.165) is 22.2 Å². The first-order chi connectivity index (χ1) is 17.8. The lowest BCUT2D eigenvalue weighted by atomic mass is 10.1. The fourth-order valence-electron chi connectivity index (χ4n) is 3.43. The van der Waals surface area contributed by atoms with Crippen LogP contribution in [0.1, 0.15) is 18.1 Å². The molecule has 1 aliphatic heterocycles. The summed E-state index contributed by atoms with van der Waals surface area (Å²) in [6, 6.07) is 19.3. The highest BCUT2D eigenvalue weighted by Crippen LogP contribution is 2.35. The molecule has 0 saturated carbocycles. The summed E-state index contributed by atoms with van der Waals surface area (Å²) in [4.78, 5) is 38.9. The summed E-state index contributed by atoms with van der Waals surface area (Å²) in [5, 5.41) is 3.09. The van der Waals surface area contributed by atoms with E-state index < -0.39 is 23.6 Å². The summed E-state index contributed by atoms with van der Waals surface area (Å²) in [5.41, 5.74) is 2.00. The Bertz CT molecular complexity index is 1360. The average Bonchev–Trinajstić information content (AvgIpc) is 3.13. The zero-order valence-electron chi connectivity index (χ0n) is 19.7. The molecule has 0 aromatic heterocycles. The smallest absolute Gasteiger partial charge is 0.294 e. The number of para-hydroxylation sites is 1. The van der Waals surface area contributed by atoms with Crippen LogP contribution in [0.3, 0.4) is 0 Å². The molecule has 3 aromatic carbocycles. The van der Waals surface area contributed by atoms with Crippen LogP contribution in [0, 0.1) is 0 Å². The molecule has 1 N–H and O–H groups in total. The largest absolute Gasteiger partial charge is 0.490 e. The van der Waals surface area contributed by atoms with E-state index in [4.69, 9.17) is 32.7 Å². The maximum absolute atomic E-state index is 12.9. The molecule has 1 saturated heterocycles. The molecule has 0 aliphatic carbocycles. The summed E-state index contributed by atoms with van der Waals surface area (Å²) < 4.78 is 11.6. The number of anilines is 1. The summed E-state index contributed by atoms with van der Waals surface area (Å²) in [6.45, 7) is 2.17. The van der Waals surface area contributed by atoms with Gasteiger partial charge in [0.25, 0.3) is 11.1 Å². The van der Waals surface area contributed by atoms with E-state index >= 15 is 0 Å². The number of carbonyl (C=O) groups is 3. The van der Waals surface area contributed by atoms with Gasteiger partial charge in [-0.05, 0) is 72.3 Å². The van der Waals surface area contributed by atoms with Gasteiger partial charge in [0.2, 0.25) is 5.91 Å².